The lowest BCUT2D eigenvalue weighted by molar-refractivity contribution is -0.143. The minimum absolute atomic E-state index is 0.0432. The van der Waals surface area contributed by atoms with Crippen molar-refractivity contribution in [1.29, 1.82) is 0 Å². The van der Waals surface area contributed by atoms with Crippen LogP contribution < -0.4 is 4.74 Å². The van der Waals surface area contributed by atoms with Crippen LogP contribution in [-0.2, 0) is 16.0 Å². The molecule has 0 aromatic heterocycles. The maximum atomic E-state index is 12.7. The molecule has 0 spiro atoms. The van der Waals surface area contributed by atoms with Crippen LogP contribution >= 0.6 is 0 Å². The van der Waals surface area contributed by atoms with Crippen molar-refractivity contribution in [3.05, 3.63) is 65.2 Å². The molecule has 138 valence electrons. The molecule has 2 aromatic carbocycles. The van der Waals surface area contributed by atoms with Gasteiger partial charge in [0.1, 0.15) is 5.75 Å². The lowest BCUT2D eigenvalue weighted by atomic mass is 9.99. The maximum absolute atomic E-state index is 12.7. The molecule has 4 heteroatoms. The van der Waals surface area contributed by atoms with Gasteiger partial charge in [-0.3, -0.25) is 9.59 Å². The molecule has 26 heavy (non-hydrogen) atoms. The molecule has 0 aliphatic heterocycles. The fourth-order valence-corrected chi connectivity index (χ4v) is 2.48. The van der Waals surface area contributed by atoms with Gasteiger partial charge in [-0.1, -0.05) is 32.0 Å². The van der Waals surface area contributed by atoms with E-state index in [1.807, 2.05) is 30.3 Å². The van der Waals surface area contributed by atoms with Crippen LogP contribution in [-0.4, -0.2) is 25.0 Å². The highest BCUT2D eigenvalue weighted by Crippen LogP contribution is 2.17. The Kier molecular flexibility index (Phi) is 7.39. The third-order valence-electron chi connectivity index (χ3n) is 3.81. The van der Waals surface area contributed by atoms with Gasteiger partial charge in [0.2, 0.25) is 0 Å². The molecule has 0 radical (unpaired) electrons. The number of esters is 1. The summed E-state index contributed by atoms with van der Waals surface area (Å²) in [5, 5.41) is 0. The van der Waals surface area contributed by atoms with E-state index in [2.05, 4.69) is 13.8 Å². The number of benzene rings is 2. The van der Waals surface area contributed by atoms with Gasteiger partial charge < -0.3 is 9.47 Å². The average Bonchev–Trinajstić information content (AvgIpc) is 2.65. The molecule has 0 bridgehead atoms. The summed E-state index contributed by atoms with van der Waals surface area (Å²) in [6, 6.07) is 14.6. The molecular weight excluding hydrogens is 328 g/mol. The van der Waals surface area contributed by atoms with Crippen LogP contribution in [0.15, 0.2) is 48.5 Å². The average molecular weight is 354 g/mol. The van der Waals surface area contributed by atoms with E-state index in [-0.39, 0.29) is 11.8 Å². The Morgan fingerprint density at radius 2 is 1.73 bits per heavy atom. The van der Waals surface area contributed by atoms with Crippen molar-refractivity contribution in [2.45, 2.75) is 33.6 Å². The maximum Gasteiger partial charge on any atom is 0.306 e. The second-order valence-electron chi connectivity index (χ2n) is 6.56. The van der Waals surface area contributed by atoms with Gasteiger partial charge >= 0.3 is 5.97 Å². The van der Waals surface area contributed by atoms with Gasteiger partial charge in [-0.05, 0) is 55.2 Å². The summed E-state index contributed by atoms with van der Waals surface area (Å²) < 4.78 is 10.6. The number of carbonyl (C=O) groups is 2. The van der Waals surface area contributed by atoms with Gasteiger partial charge in [-0.2, -0.15) is 0 Å². The van der Waals surface area contributed by atoms with Crippen molar-refractivity contribution in [1.82, 2.24) is 0 Å². The summed E-state index contributed by atoms with van der Waals surface area (Å²) >= 11 is 0. The first-order valence-corrected chi connectivity index (χ1v) is 9.01. The summed E-state index contributed by atoms with van der Waals surface area (Å²) in [5.74, 6) is 0.951. The van der Waals surface area contributed by atoms with Gasteiger partial charge in [0.15, 0.2) is 5.78 Å². The predicted molar refractivity (Wildman–Crippen MR) is 102 cm³/mol. The SMILES string of the molecule is CCOC(=O)CCc1cccc(C(=O)c2ccc(OCC(C)C)cc2)c1. The fourth-order valence-electron chi connectivity index (χ4n) is 2.48. The lowest BCUT2D eigenvalue weighted by Crippen LogP contribution is -2.06. The fraction of sp³-hybridized carbons (Fsp3) is 0.364. The minimum Gasteiger partial charge on any atom is -0.493 e. The molecule has 0 amide bonds. The molecular formula is C22H26O4. The Hall–Kier alpha value is -2.62. The van der Waals surface area contributed by atoms with E-state index in [1.165, 1.54) is 0 Å². The second-order valence-corrected chi connectivity index (χ2v) is 6.56. The molecule has 0 N–H and O–H groups in total. The summed E-state index contributed by atoms with van der Waals surface area (Å²) in [7, 11) is 0. The van der Waals surface area contributed by atoms with Crippen molar-refractivity contribution in [2.75, 3.05) is 13.2 Å². The van der Waals surface area contributed by atoms with Crippen LogP contribution in [0.2, 0.25) is 0 Å². The summed E-state index contributed by atoms with van der Waals surface area (Å²) in [6.45, 7) is 7.00. The lowest BCUT2D eigenvalue weighted by Gasteiger charge is -2.09. The first kappa shape index (κ1) is 19.7. The third-order valence-corrected chi connectivity index (χ3v) is 3.81. The molecule has 4 nitrogen and oxygen atoms in total. The van der Waals surface area contributed by atoms with Crippen LogP contribution in [0.1, 0.15) is 48.7 Å². The van der Waals surface area contributed by atoms with Gasteiger partial charge in [-0.15, -0.1) is 0 Å². The second kappa shape index (κ2) is 9.76. The summed E-state index contributed by atoms with van der Waals surface area (Å²) in [6.07, 6.45) is 0.870. The van der Waals surface area contributed by atoms with Crippen molar-refractivity contribution >= 4 is 11.8 Å². The number of carbonyl (C=O) groups excluding carboxylic acids is 2. The first-order valence-electron chi connectivity index (χ1n) is 9.01. The molecule has 0 saturated heterocycles. The highest BCUT2D eigenvalue weighted by Gasteiger charge is 2.11. The highest BCUT2D eigenvalue weighted by atomic mass is 16.5. The van der Waals surface area contributed by atoms with Crippen molar-refractivity contribution in [2.24, 2.45) is 5.92 Å². The third kappa shape index (κ3) is 6.03. The number of ether oxygens (including phenoxy) is 2. The first-order chi connectivity index (χ1) is 12.5. The van der Waals surface area contributed by atoms with Crippen LogP contribution in [0, 0.1) is 5.92 Å². The molecule has 0 heterocycles. The zero-order valence-electron chi connectivity index (χ0n) is 15.7. The van der Waals surface area contributed by atoms with Gasteiger partial charge in [0.25, 0.3) is 0 Å². The molecule has 0 atom stereocenters. The molecule has 0 unspecified atom stereocenters. The minimum atomic E-state index is -0.221. The number of aryl methyl sites for hydroxylation is 1. The molecule has 2 aromatic rings. The normalized spacial score (nSPS) is 10.6. The van der Waals surface area contributed by atoms with Crippen molar-refractivity contribution in [3.63, 3.8) is 0 Å². The van der Waals surface area contributed by atoms with E-state index < -0.39 is 0 Å². The van der Waals surface area contributed by atoms with Crippen molar-refractivity contribution in [3.8, 4) is 5.75 Å². The Bertz CT molecular complexity index is 732. The summed E-state index contributed by atoms with van der Waals surface area (Å²) in [4.78, 5) is 24.2. The van der Waals surface area contributed by atoms with E-state index >= 15 is 0 Å². The van der Waals surface area contributed by atoms with E-state index in [4.69, 9.17) is 9.47 Å². The van der Waals surface area contributed by atoms with Crippen LogP contribution in [0.4, 0.5) is 0 Å². The largest absolute Gasteiger partial charge is 0.493 e. The number of hydrogen-bond donors (Lipinski definition) is 0. The Balaban J connectivity index is 2.02. The predicted octanol–water partition coefficient (Wildman–Crippen LogP) is 4.45. The van der Waals surface area contributed by atoms with Gasteiger partial charge in [0.05, 0.1) is 13.2 Å². The molecule has 0 aliphatic rings. The number of ketones is 1. The number of hydrogen-bond acceptors (Lipinski definition) is 4. The van der Waals surface area contributed by atoms with Crippen LogP contribution in [0.25, 0.3) is 0 Å². The molecule has 2 rings (SSSR count). The quantitative estimate of drug-likeness (QED) is 0.493. The van der Waals surface area contributed by atoms with E-state index in [9.17, 15) is 9.59 Å². The standard InChI is InChI=1S/C22H26O4/c1-4-25-21(23)13-8-17-6-5-7-19(14-17)22(24)18-9-11-20(12-10-18)26-15-16(2)3/h5-7,9-12,14,16H,4,8,13,15H2,1-3H3. The monoisotopic (exact) mass is 354 g/mol. The van der Waals surface area contributed by atoms with Crippen LogP contribution in [0.3, 0.4) is 0 Å². The number of rotatable bonds is 9. The van der Waals surface area contributed by atoms with Crippen LogP contribution in [0.5, 0.6) is 5.75 Å². The highest BCUT2D eigenvalue weighted by molar-refractivity contribution is 6.09. The van der Waals surface area contributed by atoms with Crippen molar-refractivity contribution < 1.29 is 19.1 Å². The Labute approximate surface area is 155 Å². The molecule has 0 fully saturated rings. The summed E-state index contributed by atoms with van der Waals surface area (Å²) in [5.41, 5.74) is 2.17. The van der Waals surface area contributed by atoms with Gasteiger partial charge in [-0.25, -0.2) is 0 Å². The topological polar surface area (TPSA) is 52.6 Å². The van der Waals surface area contributed by atoms with E-state index in [0.29, 0.717) is 43.1 Å². The zero-order valence-corrected chi connectivity index (χ0v) is 15.7. The Morgan fingerprint density at radius 1 is 1.00 bits per heavy atom. The van der Waals surface area contributed by atoms with E-state index in [0.717, 1.165) is 11.3 Å². The van der Waals surface area contributed by atoms with E-state index in [1.54, 1.807) is 25.1 Å². The smallest absolute Gasteiger partial charge is 0.306 e. The molecule has 0 aliphatic carbocycles. The zero-order chi connectivity index (χ0) is 18.9. The Morgan fingerprint density at radius 3 is 2.38 bits per heavy atom. The molecule has 0 saturated carbocycles. The van der Waals surface area contributed by atoms with Gasteiger partial charge in [0, 0.05) is 17.5 Å².